The molecule has 2 unspecified atom stereocenters. The third kappa shape index (κ3) is 16.8. The minimum atomic E-state index is -0.308. The maximum Gasteiger partial charge on any atom is 0.169 e. The van der Waals surface area contributed by atoms with Gasteiger partial charge in [-0.3, -0.25) is 0 Å². The largest absolute Gasteiger partial charge is 0.344 e. The Morgan fingerprint density at radius 1 is 0.490 bits per heavy atom. The molecule has 5 atom stereocenters. The van der Waals surface area contributed by atoms with Crippen molar-refractivity contribution in [1.29, 1.82) is 0 Å². The van der Waals surface area contributed by atoms with Crippen molar-refractivity contribution in [1.82, 2.24) is 4.90 Å². The van der Waals surface area contributed by atoms with Gasteiger partial charge in [0.2, 0.25) is 0 Å². The van der Waals surface area contributed by atoms with Gasteiger partial charge in [-0.25, -0.2) is 0 Å². The zero-order chi connectivity index (χ0) is 34.8. The fourth-order valence-electron chi connectivity index (χ4n) is 8.78. The highest BCUT2D eigenvalue weighted by molar-refractivity contribution is 5.09. The van der Waals surface area contributed by atoms with E-state index in [9.17, 15) is 0 Å². The summed E-state index contributed by atoms with van der Waals surface area (Å²) in [5, 5.41) is 0. The van der Waals surface area contributed by atoms with E-state index in [1.807, 2.05) is 0 Å². The Morgan fingerprint density at radius 3 is 1.35 bits per heavy atom. The Kier molecular flexibility index (Phi) is 22.9. The molecule has 0 aromatic carbocycles. The van der Waals surface area contributed by atoms with Crippen LogP contribution in [0.3, 0.4) is 0 Å². The number of unbranched alkanes of at least 4 members (excludes halogenated alkanes) is 18. The molecule has 1 saturated heterocycles. The van der Waals surface area contributed by atoms with E-state index in [0.717, 1.165) is 25.7 Å². The van der Waals surface area contributed by atoms with E-state index in [4.69, 9.17) is 9.47 Å². The fourth-order valence-corrected chi connectivity index (χ4v) is 8.78. The Labute approximate surface area is 305 Å². The van der Waals surface area contributed by atoms with Crippen molar-refractivity contribution in [3.8, 4) is 0 Å². The third-order valence-corrected chi connectivity index (χ3v) is 11.7. The first kappa shape index (κ1) is 42.3. The van der Waals surface area contributed by atoms with E-state index in [1.54, 1.807) is 0 Å². The average molecular weight is 680 g/mol. The van der Waals surface area contributed by atoms with Gasteiger partial charge in [0, 0.05) is 24.8 Å². The molecule has 0 spiro atoms. The summed E-state index contributed by atoms with van der Waals surface area (Å²) in [6.45, 7) is 4.55. The summed E-state index contributed by atoms with van der Waals surface area (Å²) in [7, 11) is 4.52. The van der Waals surface area contributed by atoms with E-state index >= 15 is 0 Å². The van der Waals surface area contributed by atoms with Crippen LogP contribution >= 0.6 is 0 Å². The van der Waals surface area contributed by atoms with Gasteiger partial charge in [0.15, 0.2) is 5.79 Å². The molecule has 3 heteroatoms. The van der Waals surface area contributed by atoms with E-state index in [0.29, 0.717) is 30.1 Å². The van der Waals surface area contributed by atoms with Crippen LogP contribution in [0, 0.1) is 11.8 Å². The van der Waals surface area contributed by atoms with Gasteiger partial charge in [-0.15, -0.1) is 0 Å². The van der Waals surface area contributed by atoms with Crippen LogP contribution in [0.15, 0.2) is 48.6 Å². The Hall–Kier alpha value is -1.16. The minimum absolute atomic E-state index is 0.308. The standard InChI is InChI=1S/C46H81NO2/c1-5-7-9-11-13-15-17-19-21-23-25-27-29-31-33-35-37-46(48-44-41-39-42(45(44)49-46)43(40-41)47(3)4)38-36-34-32-30-28-26-24-22-20-18-16-14-12-10-8-6-2/h13-16,19-22,41-45H,5-12,17-18,23-40H2,1-4H3/t41?,42?,43-,44+,45+,46?/m0/s1. The van der Waals surface area contributed by atoms with Gasteiger partial charge in [-0.05, 0) is 110 Å². The van der Waals surface area contributed by atoms with Crippen molar-refractivity contribution < 1.29 is 9.47 Å². The van der Waals surface area contributed by atoms with Crippen LogP contribution in [0.4, 0.5) is 0 Å². The highest BCUT2D eigenvalue weighted by Crippen LogP contribution is 2.55. The highest BCUT2D eigenvalue weighted by Gasteiger charge is 2.62. The van der Waals surface area contributed by atoms with Crippen LogP contribution in [-0.4, -0.2) is 43.0 Å². The zero-order valence-corrected chi connectivity index (χ0v) is 33.1. The number of ether oxygens (including phenoxy) is 2. The first-order valence-electron chi connectivity index (χ1n) is 21.7. The summed E-state index contributed by atoms with van der Waals surface area (Å²) in [6, 6.07) is 0.675. The number of rotatable bonds is 31. The molecule has 0 aromatic heterocycles. The zero-order valence-electron chi connectivity index (χ0n) is 33.1. The molecule has 2 aliphatic carbocycles. The van der Waals surface area contributed by atoms with E-state index in [-0.39, 0.29) is 5.79 Å². The number of hydrogen-bond acceptors (Lipinski definition) is 3. The predicted molar refractivity (Wildman–Crippen MR) is 214 cm³/mol. The highest BCUT2D eigenvalue weighted by atomic mass is 16.8. The normalized spacial score (nSPS) is 26.7. The second-order valence-corrected chi connectivity index (χ2v) is 16.2. The molecule has 1 heterocycles. The molecule has 0 amide bonds. The molecule has 3 fully saturated rings. The summed E-state index contributed by atoms with van der Waals surface area (Å²) < 4.78 is 14.1. The molecule has 1 aliphatic heterocycles. The molecule has 3 rings (SSSR count). The third-order valence-electron chi connectivity index (χ3n) is 11.7. The van der Waals surface area contributed by atoms with Crippen molar-refractivity contribution in [2.45, 2.75) is 218 Å². The molecule has 3 aliphatic rings. The number of nitrogens with zero attached hydrogens (tertiary/aromatic N) is 1. The Bertz CT molecular complexity index is 870. The van der Waals surface area contributed by atoms with Crippen LogP contribution in [0.25, 0.3) is 0 Å². The van der Waals surface area contributed by atoms with Crippen molar-refractivity contribution in [3.63, 3.8) is 0 Å². The number of fused-ring (bicyclic) bond motifs is 5. The fraction of sp³-hybridized carbons (Fsp3) is 0.826. The molecule has 49 heavy (non-hydrogen) atoms. The lowest BCUT2D eigenvalue weighted by molar-refractivity contribution is -0.196. The quantitative estimate of drug-likeness (QED) is 0.0538. The molecule has 0 N–H and O–H groups in total. The molecule has 0 aromatic rings. The van der Waals surface area contributed by atoms with Crippen LogP contribution < -0.4 is 0 Å². The van der Waals surface area contributed by atoms with Crippen molar-refractivity contribution in [2.75, 3.05) is 14.1 Å². The second-order valence-electron chi connectivity index (χ2n) is 16.2. The van der Waals surface area contributed by atoms with E-state index in [2.05, 4.69) is 81.5 Å². The number of allylic oxidation sites excluding steroid dienone is 8. The number of hydrogen-bond donors (Lipinski definition) is 0. The van der Waals surface area contributed by atoms with Crippen LogP contribution in [0.1, 0.15) is 194 Å². The minimum Gasteiger partial charge on any atom is -0.344 e. The van der Waals surface area contributed by atoms with Gasteiger partial charge in [0.25, 0.3) is 0 Å². The van der Waals surface area contributed by atoms with Gasteiger partial charge >= 0.3 is 0 Å². The SMILES string of the molecule is CCCCCC=CCC=CCCCCCCCCC1(CCCCCCCCC=CCC=CCCCCC)O[C@@H]2C3CC([C@H]2O1)[C@@H](N(C)C)C3. The topological polar surface area (TPSA) is 21.7 Å². The first-order valence-corrected chi connectivity index (χ1v) is 21.7. The second kappa shape index (κ2) is 26.6. The van der Waals surface area contributed by atoms with Crippen LogP contribution in [0.2, 0.25) is 0 Å². The summed E-state index contributed by atoms with van der Waals surface area (Å²) in [5.74, 6) is 1.06. The lowest BCUT2D eigenvalue weighted by Gasteiger charge is -2.33. The Morgan fingerprint density at radius 2 is 0.898 bits per heavy atom. The summed E-state index contributed by atoms with van der Waals surface area (Å²) in [5.41, 5.74) is 0. The summed E-state index contributed by atoms with van der Waals surface area (Å²) in [6.07, 6.45) is 55.6. The lowest BCUT2D eigenvalue weighted by atomic mass is 9.90. The maximum absolute atomic E-state index is 7.06. The molecule has 0 radical (unpaired) electrons. The van der Waals surface area contributed by atoms with Gasteiger partial charge in [0.1, 0.15) is 0 Å². The summed E-state index contributed by atoms with van der Waals surface area (Å²) >= 11 is 0. The van der Waals surface area contributed by atoms with E-state index in [1.165, 1.54) is 154 Å². The smallest absolute Gasteiger partial charge is 0.169 e. The molecular weight excluding hydrogens is 599 g/mol. The lowest BCUT2D eigenvalue weighted by Crippen LogP contribution is -2.43. The molecule has 2 saturated carbocycles. The van der Waals surface area contributed by atoms with Crippen LogP contribution in [-0.2, 0) is 9.47 Å². The van der Waals surface area contributed by atoms with Gasteiger partial charge in [-0.2, -0.15) is 0 Å². The van der Waals surface area contributed by atoms with E-state index < -0.39 is 0 Å². The molecule has 2 bridgehead atoms. The van der Waals surface area contributed by atoms with Crippen molar-refractivity contribution >= 4 is 0 Å². The van der Waals surface area contributed by atoms with Gasteiger partial charge < -0.3 is 14.4 Å². The Balaban J connectivity index is 1.27. The monoisotopic (exact) mass is 680 g/mol. The molecular formula is C46H81NO2. The van der Waals surface area contributed by atoms with Crippen molar-refractivity contribution in [2.24, 2.45) is 11.8 Å². The molecule has 3 nitrogen and oxygen atoms in total. The van der Waals surface area contributed by atoms with Gasteiger partial charge in [-0.1, -0.05) is 140 Å². The van der Waals surface area contributed by atoms with Crippen LogP contribution in [0.5, 0.6) is 0 Å². The summed E-state index contributed by atoms with van der Waals surface area (Å²) in [4.78, 5) is 2.45. The average Bonchev–Trinajstić information content (AvgIpc) is 3.79. The maximum atomic E-state index is 7.06. The first-order chi connectivity index (χ1) is 24.1. The molecule has 282 valence electrons. The van der Waals surface area contributed by atoms with Gasteiger partial charge in [0.05, 0.1) is 12.2 Å². The van der Waals surface area contributed by atoms with Crippen molar-refractivity contribution in [3.05, 3.63) is 48.6 Å². The predicted octanol–water partition coefficient (Wildman–Crippen LogP) is 13.8.